The molecule has 96 valence electrons. The van der Waals surface area contributed by atoms with Crippen molar-refractivity contribution in [3.63, 3.8) is 0 Å². The molecule has 0 atom stereocenters. The molecule has 0 radical (unpaired) electrons. The fourth-order valence-corrected chi connectivity index (χ4v) is 8.81. The summed E-state index contributed by atoms with van der Waals surface area (Å²) in [5.41, 5.74) is 0. The first-order valence-corrected chi connectivity index (χ1v) is 14.4. The van der Waals surface area contributed by atoms with Gasteiger partial charge in [-0.2, -0.15) is 0 Å². The third-order valence-corrected chi connectivity index (χ3v) is 13.8. The molecule has 0 saturated carbocycles. The van der Waals surface area contributed by atoms with Crippen LogP contribution in [0, 0.1) is 0 Å². The second kappa shape index (κ2) is 11.0. The zero-order valence-electron chi connectivity index (χ0n) is 12.3. The van der Waals surface area contributed by atoms with Crippen LogP contribution in [0.4, 0.5) is 0 Å². The van der Waals surface area contributed by atoms with E-state index in [1.807, 2.05) is 0 Å². The van der Waals surface area contributed by atoms with Crippen LogP contribution >= 0.6 is 0 Å². The van der Waals surface area contributed by atoms with Crippen LogP contribution in [-0.4, -0.2) is 45.5 Å². The van der Waals surface area contributed by atoms with E-state index in [2.05, 4.69) is 39.5 Å². The van der Waals surface area contributed by atoms with E-state index in [0.717, 1.165) is 6.04 Å². The summed E-state index contributed by atoms with van der Waals surface area (Å²) in [5.74, 6) is 0. The molecule has 0 aromatic carbocycles. The van der Waals surface area contributed by atoms with E-state index in [4.69, 9.17) is 0 Å². The van der Waals surface area contributed by atoms with Crippen molar-refractivity contribution < 1.29 is 0 Å². The van der Waals surface area contributed by atoms with Gasteiger partial charge in [-0.15, -0.1) is 0 Å². The standard InChI is InChI=1S/C10H22N.2C2H5.In/c1-5-7-9-11(8-6-2)10(3)4;2*1-2;/h10H,1,5-9H2,2-4H3;2*1H2,2H3;. The number of hydrogen-bond acceptors (Lipinski definition) is 1. The third kappa shape index (κ3) is 8.00. The summed E-state index contributed by atoms with van der Waals surface area (Å²) in [7, 11) is 0. The number of hydrogen-bond donors (Lipinski definition) is 0. The molecule has 0 rings (SSSR count). The Labute approximate surface area is 112 Å². The number of nitrogens with zero attached hydrogens (tertiary/aromatic N) is 1. The molecule has 1 nitrogen and oxygen atoms in total. The summed E-state index contributed by atoms with van der Waals surface area (Å²) in [6.07, 6.45) is 4.24. The van der Waals surface area contributed by atoms with Crippen LogP contribution < -0.4 is 0 Å². The molecule has 0 aliphatic heterocycles. The summed E-state index contributed by atoms with van der Waals surface area (Å²) >= 11 is -0.972. The molecule has 0 spiro atoms. The van der Waals surface area contributed by atoms with Crippen molar-refractivity contribution in [2.45, 2.75) is 72.5 Å². The van der Waals surface area contributed by atoms with Gasteiger partial charge in [0.05, 0.1) is 0 Å². The van der Waals surface area contributed by atoms with E-state index < -0.39 is 21.4 Å². The van der Waals surface area contributed by atoms with Crippen LogP contribution in [0.2, 0.25) is 12.5 Å². The van der Waals surface area contributed by atoms with Gasteiger partial charge in [0.2, 0.25) is 0 Å². The first-order chi connectivity index (χ1) is 7.65. The molecule has 0 bridgehead atoms. The Morgan fingerprint density at radius 2 is 1.56 bits per heavy atom. The van der Waals surface area contributed by atoms with E-state index in [1.54, 1.807) is 12.5 Å². The Balaban J connectivity index is 3.61. The van der Waals surface area contributed by atoms with Gasteiger partial charge in [-0.05, 0) is 0 Å². The number of rotatable bonds is 10. The third-order valence-electron chi connectivity index (χ3n) is 3.70. The first-order valence-electron chi connectivity index (χ1n) is 7.39. The second-order valence-corrected chi connectivity index (χ2v) is 16.6. The zero-order valence-corrected chi connectivity index (χ0v) is 15.6. The molecular formula is C14H32InN. The van der Waals surface area contributed by atoms with Gasteiger partial charge in [0.25, 0.3) is 0 Å². The molecule has 0 N–H and O–H groups in total. The fraction of sp³-hybridized carbons (Fsp3) is 1.00. The van der Waals surface area contributed by atoms with Crippen molar-refractivity contribution in [1.29, 1.82) is 0 Å². The molecular weight excluding hydrogens is 297 g/mol. The summed E-state index contributed by atoms with van der Waals surface area (Å²) in [4.78, 5) is 2.64. The van der Waals surface area contributed by atoms with Crippen LogP contribution in [0.25, 0.3) is 0 Å². The zero-order chi connectivity index (χ0) is 12.4. The maximum absolute atomic E-state index is 2.64. The predicted octanol–water partition coefficient (Wildman–Crippen LogP) is 4.42. The Kier molecular flexibility index (Phi) is 11.5. The summed E-state index contributed by atoms with van der Waals surface area (Å²) < 4.78 is 4.79. The van der Waals surface area contributed by atoms with Gasteiger partial charge >= 0.3 is 112 Å². The van der Waals surface area contributed by atoms with Crippen LogP contribution in [0.3, 0.4) is 0 Å². The summed E-state index contributed by atoms with van der Waals surface area (Å²) in [6, 6.07) is 0.733. The molecule has 0 fully saturated rings. The van der Waals surface area contributed by atoms with E-state index in [1.165, 1.54) is 32.4 Å². The van der Waals surface area contributed by atoms with Crippen LogP contribution in [-0.2, 0) is 0 Å². The topological polar surface area (TPSA) is 3.24 Å². The molecule has 0 aliphatic rings. The fourth-order valence-electron chi connectivity index (χ4n) is 2.36. The van der Waals surface area contributed by atoms with Crippen molar-refractivity contribution >= 4 is 21.4 Å². The molecule has 0 aromatic heterocycles. The Bertz CT molecular complexity index is 144. The molecule has 0 saturated heterocycles. The van der Waals surface area contributed by atoms with Crippen molar-refractivity contribution in [2.75, 3.05) is 13.1 Å². The monoisotopic (exact) mass is 329 g/mol. The summed E-state index contributed by atoms with van der Waals surface area (Å²) in [6.45, 7) is 14.4. The van der Waals surface area contributed by atoms with Gasteiger partial charge in [-0.1, -0.05) is 0 Å². The van der Waals surface area contributed by atoms with Crippen molar-refractivity contribution in [3.8, 4) is 0 Å². The number of unbranched alkanes of at least 4 members (excludes halogenated alkanes) is 1. The Hall–Kier alpha value is 0.830. The molecule has 0 heterocycles. The van der Waals surface area contributed by atoms with Crippen molar-refractivity contribution in [1.82, 2.24) is 4.90 Å². The SMILES string of the molecule is CCCN(CCC[CH2][In]([CH2]C)[CH2]C)C(C)C. The van der Waals surface area contributed by atoms with Gasteiger partial charge in [0.1, 0.15) is 0 Å². The quantitative estimate of drug-likeness (QED) is 0.536. The van der Waals surface area contributed by atoms with Gasteiger partial charge in [-0.25, -0.2) is 0 Å². The van der Waals surface area contributed by atoms with E-state index >= 15 is 0 Å². The van der Waals surface area contributed by atoms with Crippen LogP contribution in [0.1, 0.15) is 53.9 Å². The van der Waals surface area contributed by atoms with Gasteiger partial charge in [0.15, 0.2) is 0 Å². The van der Waals surface area contributed by atoms with Crippen LogP contribution in [0.15, 0.2) is 0 Å². The molecule has 0 amide bonds. The van der Waals surface area contributed by atoms with Crippen molar-refractivity contribution in [2.24, 2.45) is 0 Å². The molecule has 2 heteroatoms. The summed E-state index contributed by atoms with van der Waals surface area (Å²) in [5, 5.41) is 0. The van der Waals surface area contributed by atoms with Gasteiger partial charge in [-0.3, -0.25) is 0 Å². The molecule has 0 unspecified atom stereocenters. The predicted molar refractivity (Wildman–Crippen MR) is 77.8 cm³/mol. The van der Waals surface area contributed by atoms with E-state index in [0.29, 0.717) is 0 Å². The van der Waals surface area contributed by atoms with Gasteiger partial charge < -0.3 is 0 Å². The average Bonchev–Trinajstić information content (AvgIpc) is 2.27. The normalized spacial score (nSPS) is 11.4. The Morgan fingerprint density at radius 1 is 0.938 bits per heavy atom. The first kappa shape index (κ1) is 16.8. The molecule has 16 heavy (non-hydrogen) atoms. The average molecular weight is 329 g/mol. The maximum atomic E-state index is 2.64. The Morgan fingerprint density at radius 3 is 2.00 bits per heavy atom. The second-order valence-electron chi connectivity index (χ2n) is 5.31. The minimum atomic E-state index is -0.972. The van der Waals surface area contributed by atoms with Crippen molar-refractivity contribution in [3.05, 3.63) is 0 Å². The van der Waals surface area contributed by atoms with Crippen LogP contribution in [0.5, 0.6) is 0 Å². The molecule has 0 aromatic rings. The van der Waals surface area contributed by atoms with Gasteiger partial charge in [0, 0.05) is 0 Å². The minimum absolute atomic E-state index is 0.733. The van der Waals surface area contributed by atoms with E-state index in [9.17, 15) is 0 Å². The van der Waals surface area contributed by atoms with E-state index in [-0.39, 0.29) is 0 Å². The molecule has 0 aliphatic carbocycles.